The van der Waals surface area contributed by atoms with Gasteiger partial charge in [-0.15, -0.1) is 0 Å². The lowest BCUT2D eigenvalue weighted by Gasteiger charge is -2.26. The normalized spacial score (nSPS) is 13.7. The van der Waals surface area contributed by atoms with Crippen molar-refractivity contribution in [3.05, 3.63) is 0 Å². The quantitative estimate of drug-likeness (QED) is 0.661. The summed E-state index contributed by atoms with van der Waals surface area (Å²) < 4.78 is 5.05. The molecule has 0 aliphatic carbocycles. The van der Waals surface area contributed by atoms with E-state index in [4.69, 9.17) is 4.74 Å². The summed E-state index contributed by atoms with van der Waals surface area (Å²) in [5.74, 6) is 0.0255. The second-order valence-electron chi connectivity index (χ2n) is 4.62. The molecular weight excluding hydrogens is 192 g/mol. The second kappa shape index (κ2) is 6.80. The number of carbonyl (C=O) groups is 1. The molecule has 1 atom stereocenters. The second-order valence-corrected chi connectivity index (χ2v) is 4.62. The minimum Gasteiger partial charge on any atom is -0.385 e. The molecule has 15 heavy (non-hydrogen) atoms. The first-order valence-electron chi connectivity index (χ1n) is 5.37. The Morgan fingerprint density at radius 2 is 2.07 bits per heavy atom. The highest BCUT2D eigenvalue weighted by atomic mass is 16.5. The number of amides is 1. The summed E-state index contributed by atoms with van der Waals surface area (Å²) >= 11 is 0. The number of rotatable bonds is 7. The third-order valence-corrected chi connectivity index (χ3v) is 2.51. The Morgan fingerprint density at radius 3 is 2.53 bits per heavy atom. The van der Waals surface area contributed by atoms with Gasteiger partial charge < -0.3 is 15.4 Å². The van der Waals surface area contributed by atoms with Crippen molar-refractivity contribution in [3.8, 4) is 0 Å². The lowest BCUT2D eigenvalue weighted by molar-refractivity contribution is -0.122. The zero-order chi connectivity index (χ0) is 11.9. The van der Waals surface area contributed by atoms with Crippen LogP contribution in [0.5, 0.6) is 0 Å². The standard InChI is InChI=1S/C11H24N2O2/c1-9(10(14)12-4)13-8-11(2,3)6-7-15-5/h9,13H,6-8H2,1-5H3,(H,12,14). The number of hydrogen-bond acceptors (Lipinski definition) is 3. The van der Waals surface area contributed by atoms with Crippen LogP contribution in [-0.2, 0) is 9.53 Å². The van der Waals surface area contributed by atoms with E-state index in [1.807, 2.05) is 6.92 Å². The van der Waals surface area contributed by atoms with Crippen LogP contribution >= 0.6 is 0 Å². The Bertz CT molecular complexity index is 193. The fraction of sp³-hybridized carbons (Fsp3) is 0.909. The molecule has 2 N–H and O–H groups in total. The SMILES string of the molecule is CNC(=O)C(C)NCC(C)(C)CCOC. The maximum absolute atomic E-state index is 11.2. The number of likely N-dealkylation sites (N-methyl/N-ethyl adjacent to an activating group) is 1. The van der Waals surface area contributed by atoms with Crippen molar-refractivity contribution in [3.63, 3.8) is 0 Å². The van der Waals surface area contributed by atoms with Crippen molar-refractivity contribution in [2.75, 3.05) is 27.3 Å². The summed E-state index contributed by atoms with van der Waals surface area (Å²) in [5.41, 5.74) is 0.151. The molecule has 0 aliphatic rings. The highest BCUT2D eigenvalue weighted by molar-refractivity contribution is 5.80. The van der Waals surface area contributed by atoms with E-state index in [0.717, 1.165) is 19.6 Å². The molecule has 0 aromatic carbocycles. The van der Waals surface area contributed by atoms with Crippen molar-refractivity contribution in [2.24, 2.45) is 5.41 Å². The van der Waals surface area contributed by atoms with Gasteiger partial charge in [0.05, 0.1) is 6.04 Å². The number of hydrogen-bond donors (Lipinski definition) is 2. The maximum Gasteiger partial charge on any atom is 0.236 e. The summed E-state index contributed by atoms with van der Waals surface area (Å²) in [7, 11) is 3.35. The van der Waals surface area contributed by atoms with E-state index in [9.17, 15) is 4.79 Å². The molecule has 1 unspecified atom stereocenters. The molecule has 0 fully saturated rings. The van der Waals surface area contributed by atoms with Gasteiger partial charge in [-0.25, -0.2) is 0 Å². The van der Waals surface area contributed by atoms with Gasteiger partial charge in [-0.2, -0.15) is 0 Å². The summed E-state index contributed by atoms with van der Waals surface area (Å²) in [5, 5.41) is 5.83. The van der Waals surface area contributed by atoms with Crippen LogP contribution in [0.25, 0.3) is 0 Å². The van der Waals surface area contributed by atoms with Gasteiger partial charge in [-0.1, -0.05) is 13.8 Å². The Kier molecular flexibility index (Phi) is 6.52. The van der Waals surface area contributed by atoms with E-state index in [1.54, 1.807) is 14.2 Å². The first-order valence-corrected chi connectivity index (χ1v) is 5.37. The van der Waals surface area contributed by atoms with Crippen molar-refractivity contribution in [2.45, 2.75) is 33.2 Å². The minimum atomic E-state index is -0.142. The molecule has 0 aromatic heterocycles. The maximum atomic E-state index is 11.2. The third-order valence-electron chi connectivity index (χ3n) is 2.51. The van der Waals surface area contributed by atoms with E-state index < -0.39 is 0 Å². The van der Waals surface area contributed by atoms with E-state index >= 15 is 0 Å². The minimum absolute atomic E-state index is 0.0255. The van der Waals surface area contributed by atoms with Crippen LogP contribution in [0.15, 0.2) is 0 Å². The van der Waals surface area contributed by atoms with Crippen LogP contribution in [0.3, 0.4) is 0 Å². The number of nitrogens with one attached hydrogen (secondary N) is 2. The monoisotopic (exact) mass is 216 g/mol. The largest absolute Gasteiger partial charge is 0.385 e. The smallest absolute Gasteiger partial charge is 0.236 e. The van der Waals surface area contributed by atoms with Gasteiger partial charge in [0, 0.05) is 27.3 Å². The van der Waals surface area contributed by atoms with E-state index in [2.05, 4.69) is 24.5 Å². The Morgan fingerprint density at radius 1 is 1.47 bits per heavy atom. The van der Waals surface area contributed by atoms with Gasteiger partial charge in [0.2, 0.25) is 5.91 Å². The molecule has 0 aromatic rings. The molecule has 0 radical (unpaired) electrons. The van der Waals surface area contributed by atoms with E-state index in [-0.39, 0.29) is 17.4 Å². The molecule has 0 saturated heterocycles. The molecule has 0 rings (SSSR count). The molecule has 0 heterocycles. The van der Waals surface area contributed by atoms with E-state index in [0.29, 0.717) is 0 Å². The molecule has 0 saturated carbocycles. The van der Waals surface area contributed by atoms with Gasteiger partial charge in [-0.3, -0.25) is 4.79 Å². The van der Waals surface area contributed by atoms with Gasteiger partial charge in [0.1, 0.15) is 0 Å². The lowest BCUT2D eigenvalue weighted by Crippen LogP contribution is -2.44. The van der Waals surface area contributed by atoms with Crippen molar-refractivity contribution in [1.29, 1.82) is 0 Å². The van der Waals surface area contributed by atoms with Gasteiger partial charge in [-0.05, 0) is 18.8 Å². The molecule has 90 valence electrons. The predicted molar refractivity (Wildman–Crippen MR) is 61.8 cm³/mol. The number of ether oxygens (including phenoxy) is 1. The van der Waals surface area contributed by atoms with Gasteiger partial charge >= 0.3 is 0 Å². The topological polar surface area (TPSA) is 50.4 Å². The van der Waals surface area contributed by atoms with Gasteiger partial charge in [0.25, 0.3) is 0 Å². The molecule has 0 bridgehead atoms. The number of carbonyl (C=O) groups excluding carboxylic acids is 1. The first kappa shape index (κ1) is 14.4. The Balaban J connectivity index is 3.86. The highest BCUT2D eigenvalue weighted by Gasteiger charge is 2.19. The van der Waals surface area contributed by atoms with Crippen molar-refractivity contribution < 1.29 is 9.53 Å². The lowest BCUT2D eigenvalue weighted by atomic mass is 9.89. The first-order chi connectivity index (χ1) is 6.93. The zero-order valence-corrected chi connectivity index (χ0v) is 10.5. The van der Waals surface area contributed by atoms with Crippen molar-refractivity contribution in [1.82, 2.24) is 10.6 Å². The van der Waals surface area contributed by atoms with Crippen LogP contribution in [0.4, 0.5) is 0 Å². The summed E-state index contributed by atoms with van der Waals surface area (Å²) in [6.45, 7) is 7.75. The fourth-order valence-corrected chi connectivity index (χ4v) is 1.21. The Hall–Kier alpha value is -0.610. The average Bonchev–Trinajstić information content (AvgIpc) is 2.22. The molecule has 4 heteroatoms. The summed E-state index contributed by atoms with van der Waals surface area (Å²) in [6.07, 6.45) is 0.983. The molecule has 0 spiro atoms. The van der Waals surface area contributed by atoms with Crippen LogP contribution in [-0.4, -0.2) is 39.3 Å². The summed E-state index contributed by atoms with van der Waals surface area (Å²) in [4.78, 5) is 11.2. The van der Waals surface area contributed by atoms with Crippen molar-refractivity contribution >= 4 is 5.91 Å². The number of methoxy groups -OCH3 is 1. The molecular formula is C11H24N2O2. The van der Waals surface area contributed by atoms with E-state index in [1.165, 1.54) is 0 Å². The average molecular weight is 216 g/mol. The van der Waals surface area contributed by atoms with Crippen LogP contribution in [0.2, 0.25) is 0 Å². The predicted octanol–water partition coefficient (Wildman–Crippen LogP) is 0.773. The highest BCUT2D eigenvalue weighted by Crippen LogP contribution is 2.18. The molecule has 0 aliphatic heterocycles. The Labute approximate surface area is 92.8 Å². The van der Waals surface area contributed by atoms with Gasteiger partial charge in [0.15, 0.2) is 0 Å². The summed E-state index contributed by atoms with van der Waals surface area (Å²) in [6, 6.07) is -0.142. The molecule has 1 amide bonds. The fourth-order valence-electron chi connectivity index (χ4n) is 1.21. The van der Waals surface area contributed by atoms with Crippen LogP contribution in [0.1, 0.15) is 27.2 Å². The van der Waals surface area contributed by atoms with Crippen LogP contribution in [0, 0.1) is 5.41 Å². The zero-order valence-electron chi connectivity index (χ0n) is 10.5. The van der Waals surface area contributed by atoms with Crippen LogP contribution < -0.4 is 10.6 Å². The molecule has 4 nitrogen and oxygen atoms in total. The third kappa shape index (κ3) is 6.47.